The Bertz CT molecular complexity index is 42.2. The number of rotatable bonds is 6. The normalized spacial score (nSPS) is 9.89. The van der Waals surface area contributed by atoms with Crippen LogP contribution >= 0.6 is 0 Å². The summed E-state index contributed by atoms with van der Waals surface area (Å²) in [6, 6.07) is 0. The van der Waals surface area contributed by atoms with E-state index in [9.17, 15) is 0 Å². The quantitative estimate of drug-likeness (QED) is 0.422. The van der Waals surface area contributed by atoms with E-state index < -0.39 is 0 Å². The van der Waals surface area contributed by atoms with Crippen molar-refractivity contribution < 1.29 is 0 Å². The molecule has 2 radical (unpaired) electrons. The molecule has 0 spiro atoms. The molecule has 0 aliphatic rings. The van der Waals surface area contributed by atoms with Gasteiger partial charge in [0.05, 0.1) is 7.85 Å². The van der Waals surface area contributed by atoms with Gasteiger partial charge in [-0.15, -0.1) is 0 Å². The molecular weight excluding hydrogens is 109 g/mol. The molecule has 52 valence electrons. The van der Waals surface area contributed by atoms with E-state index in [0.717, 1.165) is 12.9 Å². The van der Waals surface area contributed by atoms with E-state index in [1.54, 1.807) is 0 Å². The van der Waals surface area contributed by atoms with Crippen LogP contribution in [0.1, 0.15) is 32.1 Å². The Balaban J connectivity index is 2.60. The predicted molar refractivity (Wildman–Crippen MR) is 42.7 cm³/mol. The van der Waals surface area contributed by atoms with Crippen LogP contribution in [0.4, 0.5) is 0 Å². The summed E-state index contributed by atoms with van der Waals surface area (Å²) in [5, 5.41) is 0. The third-order valence-corrected chi connectivity index (χ3v) is 1.41. The number of hydrogen-bond donors (Lipinski definition) is 1. The smallest absolute Gasteiger partial charge is 0.0653 e. The van der Waals surface area contributed by atoms with Crippen LogP contribution in [-0.4, -0.2) is 14.4 Å². The summed E-state index contributed by atoms with van der Waals surface area (Å²) >= 11 is 0. The largest absolute Gasteiger partial charge is 0.330 e. The standard InChI is InChI=1S/C7H16BN/c8-6-4-2-1-3-5-7-9/h1-7,9H2. The fourth-order valence-corrected chi connectivity index (χ4v) is 0.819. The predicted octanol–water partition coefficient (Wildman–Crippen LogP) is 1.48. The van der Waals surface area contributed by atoms with Crippen LogP contribution in [0.3, 0.4) is 0 Å². The molecule has 0 aliphatic heterocycles. The second kappa shape index (κ2) is 8.02. The first-order chi connectivity index (χ1) is 4.41. The van der Waals surface area contributed by atoms with Crippen LogP contribution in [0, 0.1) is 0 Å². The van der Waals surface area contributed by atoms with Crippen molar-refractivity contribution in [1.29, 1.82) is 0 Å². The fourth-order valence-electron chi connectivity index (χ4n) is 0.819. The second-order valence-electron chi connectivity index (χ2n) is 2.35. The van der Waals surface area contributed by atoms with Crippen molar-refractivity contribution in [2.75, 3.05) is 6.54 Å². The van der Waals surface area contributed by atoms with Gasteiger partial charge in [0.15, 0.2) is 0 Å². The van der Waals surface area contributed by atoms with Crippen molar-refractivity contribution in [3.63, 3.8) is 0 Å². The van der Waals surface area contributed by atoms with E-state index in [4.69, 9.17) is 13.6 Å². The molecule has 0 unspecified atom stereocenters. The molecular formula is C7H16BN. The van der Waals surface area contributed by atoms with Crippen molar-refractivity contribution in [1.82, 2.24) is 0 Å². The van der Waals surface area contributed by atoms with Gasteiger partial charge >= 0.3 is 0 Å². The lowest BCUT2D eigenvalue weighted by molar-refractivity contribution is 0.638. The Hall–Kier alpha value is 0.0249. The van der Waals surface area contributed by atoms with Gasteiger partial charge in [0.25, 0.3) is 0 Å². The number of unbranched alkanes of at least 4 members (excludes halogenated alkanes) is 4. The third kappa shape index (κ3) is 8.02. The lowest BCUT2D eigenvalue weighted by atomic mass is 9.99. The van der Waals surface area contributed by atoms with Crippen molar-refractivity contribution in [2.45, 2.75) is 38.4 Å². The highest BCUT2D eigenvalue weighted by atomic mass is 14.5. The van der Waals surface area contributed by atoms with Crippen LogP contribution in [0.5, 0.6) is 0 Å². The molecule has 0 rings (SSSR count). The van der Waals surface area contributed by atoms with E-state index in [0.29, 0.717) is 0 Å². The molecule has 0 fully saturated rings. The summed E-state index contributed by atoms with van der Waals surface area (Å²) in [5.41, 5.74) is 5.32. The Morgan fingerprint density at radius 3 is 2.00 bits per heavy atom. The highest BCUT2D eigenvalue weighted by Gasteiger charge is 1.85. The first-order valence-corrected chi connectivity index (χ1v) is 3.82. The summed E-state index contributed by atoms with van der Waals surface area (Å²) < 4.78 is 0. The van der Waals surface area contributed by atoms with Gasteiger partial charge in [0.1, 0.15) is 0 Å². The van der Waals surface area contributed by atoms with E-state index in [2.05, 4.69) is 0 Å². The Kier molecular flexibility index (Phi) is 8.05. The molecule has 0 saturated carbocycles. The van der Waals surface area contributed by atoms with Gasteiger partial charge in [-0.25, -0.2) is 0 Å². The van der Waals surface area contributed by atoms with Crippen LogP contribution < -0.4 is 5.73 Å². The molecule has 1 nitrogen and oxygen atoms in total. The average Bonchev–Trinajstić information content (AvgIpc) is 1.89. The summed E-state index contributed by atoms with van der Waals surface area (Å²) in [6.45, 7) is 0.836. The summed E-state index contributed by atoms with van der Waals surface area (Å²) in [4.78, 5) is 0. The molecule has 0 saturated heterocycles. The highest BCUT2D eigenvalue weighted by molar-refractivity contribution is 6.08. The molecule has 0 aliphatic carbocycles. The molecule has 0 aromatic heterocycles. The van der Waals surface area contributed by atoms with Crippen LogP contribution in [0.2, 0.25) is 6.32 Å². The molecule has 0 heterocycles. The fraction of sp³-hybridized carbons (Fsp3) is 1.00. The molecule has 0 amide bonds. The first kappa shape index (κ1) is 9.02. The topological polar surface area (TPSA) is 26.0 Å². The van der Waals surface area contributed by atoms with Gasteiger partial charge in [0, 0.05) is 0 Å². The van der Waals surface area contributed by atoms with Crippen molar-refractivity contribution in [2.24, 2.45) is 5.73 Å². The number of hydrogen-bond acceptors (Lipinski definition) is 1. The van der Waals surface area contributed by atoms with E-state index in [1.165, 1.54) is 32.1 Å². The van der Waals surface area contributed by atoms with Gasteiger partial charge in [-0.3, -0.25) is 0 Å². The maximum absolute atomic E-state index is 5.32. The third-order valence-electron chi connectivity index (χ3n) is 1.41. The van der Waals surface area contributed by atoms with Crippen LogP contribution in [0.15, 0.2) is 0 Å². The summed E-state index contributed by atoms with van der Waals surface area (Å²) in [5.74, 6) is 0. The van der Waals surface area contributed by atoms with E-state index in [-0.39, 0.29) is 0 Å². The molecule has 2 N–H and O–H groups in total. The zero-order valence-electron chi connectivity index (χ0n) is 6.10. The highest BCUT2D eigenvalue weighted by Crippen LogP contribution is 2.02. The maximum atomic E-state index is 5.32. The molecule has 2 heteroatoms. The molecule has 0 aromatic carbocycles. The van der Waals surface area contributed by atoms with E-state index >= 15 is 0 Å². The van der Waals surface area contributed by atoms with Gasteiger partial charge in [-0.1, -0.05) is 32.0 Å². The van der Waals surface area contributed by atoms with Crippen LogP contribution in [0.25, 0.3) is 0 Å². The molecule has 9 heavy (non-hydrogen) atoms. The maximum Gasteiger partial charge on any atom is 0.0653 e. The Morgan fingerprint density at radius 2 is 1.44 bits per heavy atom. The van der Waals surface area contributed by atoms with Crippen molar-refractivity contribution >= 4 is 7.85 Å². The summed E-state index contributed by atoms with van der Waals surface area (Å²) in [6.07, 6.45) is 7.03. The minimum absolute atomic E-state index is 0.836. The van der Waals surface area contributed by atoms with Gasteiger partial charge in [-0.05, 0) is 13.0 Å². The minimum atomic E-state index is 0.836. The summed E-state index contributed by atoms with van der Waals surface area (Å²) in [7, 11) is 5.32. The lowest BCUT2D eigenvalue weighted by Gasteiger charge is -1.96. The van der Waals surface area contributed by atoms with Crippen LogP contribution in [-0.2, 0) is 0 Å². The lowest BCUT2D eigenvalue weighted by Crippen LogP contribution is -1.97. The van der Waals surface area contributed by atoms with Crippen molar-refractivity contribution in [3.8, 4) is 0 Å². The molecule has 0 aromatic rings. The van der Waals surface area contributed by atoms with Gasteiger partial charge in [-0.2, -0.15) is 0 Å². The van der Waals surface area contributed by atoms with E-state index in [1.807, 2.05) is 0 Å². The molecule has 0 atom stereocenters. The van der Waals surface area contributed by atoms with Gasteiger partial charge < -0.3 is 5.73 Å². The monoisotopic (exact) mass is 125 g/mol. The Morgan fingerprint density at radius 1 is 0.889 bits per heavy atom. The number of nitrogens with two attached hydrogens (primary N) is 1. The second-order valence-corrected chi connectivity index (χ2v) is 2.35. The first-order valence-electron chi connectivity index (χ1n) is 3.82. The van der Waals surface area contributed by atoms with Crippen molar-refractivity contribution in [3.05, 3.63) is 0 Å². The minimum Gasteiger partial charge on any atom is -0.330 e. The average molecular weight is 125 g/mol. The van der Waals surface area contributed by atoms with Gasteiger partial charge in [0.2, 0.25) is 0 Å². The zero-order valence-corrected chi connectivity index (χ0v) is 6.10. The Labute approximate surface area is 59.4 Å². The SMILES string of the molecule is [B]CCCCCCCN. The zero-order chi connectivity index (χ0) is 6.95. The molecule has 0 bridgehead atoms.